The van der Waals surface area contributed by atoms with E-state index in [-0.39, 0.29) is 6.04 Å². The molecule has 1 aliphatic rings. The van der Waals surface area contributed by atoms with Gasteiger partial charge in [-0.25, -0.2) is 4.68 Å². The number of halogens is 1. The standard InChI is InChI=1S/C28H21ClN4S/c29-21-15-13-20(14-16-21)28-24(19-32(31-28)22-8-3-1-4-9-22)26-18-25(27-12-7-17-34-27)30-33(26)23-10-5-2-6-11-23/h1-17,19,26H,18H2. The first kappa shape index (κ1) is 20.9. The van der Waals surface area contributed by atoms with Gasteiger partial charge in [0.2, 0.25) is 0 Å². The van der Waals surface area contributed by atoms with Crippen molar-refractivity contribution in [3.05, 3.63) is 124 Å². The molecule has 0 bridgehead atoms. The molecule has 2 aromatic heterocycles. The van der Waals surface area contributed by atoms with E-state index in [2.05, 4.69) is 65.1 Å². The fraction of sp³-hybridized carbons (Fsp3) is 0.0714. The summed E-state index contributed by atoms with van der Waals surface area (Å²) in [7, 11) is 0. The molecule has 166 valence electrons. The van der Waals surface area contributed by atoms with Gasteiger partial charge < -0.3 is 0 Å². The van der Waals surface area contributed by atoms with Crippen molar-refractivity contribution in [1.29, 1.82) is 0 Å². The number of aromatic nitrogens is 2. The Labute approximate surface area is 207 Å². The summed E-state index contributed by atoms with van der Waals surface area (Å²) in [5.41, 5.74) is 6.28. The van der Waals surface area contributed by atoms with Gasteiger partial charge in [0, 0.05) is 28.8 Å². The van der Waals surface area contributed by atoms with Crippen LogP contribution in [0.1, 0.15) is 22.9 Å². The summed E-state index contributed by atoms with van der Waals surface area (Å²) in [6, 6.07) is 32.7. The van der Waals surface area contributed by atoms with Crippen molar-refractivity contribution in [3.8, 4) is 16.9 Å². The third-order valence-corrected chi connectivity index (χ3v) is 7.15. The molecule has 0 fully saturated rings. The molecule has 6 rings (SSSR count). The topological polar surface area (TPSA) is 33.4 Å². The molecule has 3 heterocycles. The molecule has 4 nitrogen and oxygen atoms in total. The number of rotatable bonds is 5. The van der Waals surface area contributed by atoms with Gasteiger partial charge in [-0.15, -0.1) is 11.3 Å². The molecular weight excluding hydrogens is 460 g/mol. The van der Waals surface area contributed by atoms with Crippen LogP contribution in [0, 0.1) is 0 Å². The van der Waals surface area contributed by atoms with Gasteiger partial charge in [-0.1, -0.05) is 66.2 Å². The van der Waals surface area contributed by atoms with Crippen molar-refractivity contribution in [2.24, 2.45) is 5.10 Å². The first-order valence-corrected chi connectivity index (χ1v) is 12.4. The summed E-state index contributed by atoms with van der Waals surface area (Å²) in [4.78, 5) is 1.20. The second-order valence-corrected chi connectivity index (χ2v) is 9.53. The minimum Gasteiger partial charge on any atom is -0.257 e. The van der Waals surface area contributed by atoms with E-state index in [0.29, 0.717) is 5.02 Å². The molecule has 5 aromatic rings. The van der Waals surface area contributed by atoms with Crippen molar-refractivity contribution in [3.63, 3.8) is 0 Å². The summed E-state index contributed by atoms with van der Waals surface area (Å²) >= 11 is 7.92. The number of hydrogen-bond donors (Lipinski definition) is 0. The number of nitrogens with zero attached hydrogens (tertiary/aromatic N) is 4. The van der Waals surface area contributed by atoms with Crippen molar-refractivity contribution in [1.82, 2.24) is 9.78 Å². The number of thiophene rings is 1. The normalized spacial score (nSPS) is 15.5. The molecule has 1 aliphatic heterocycles. The molecule has 0 spiro atoms. The maximum absolute atomic E-state index is 6.20. The van der Waals surface area contributed by atoms with E-state index in [1.807, 2.05) is 53.2 Å². The lowest BCUT2D eigenvalue weighted by molar-refractivity contribution is 0.710. The predicted octanol–water partition coefficient (Wildman–Crippen LogP) is 7.61. The molecule has 1 unspecified atom stereocenters. The van der Waals surface area contributed by atoms with Crippen LogP contribution in [-0.2, 0) is 0 Å². The average Bonchev–Trinajstić information content (AvgIpc) is 3.65. The molecule has 3 aromatic carbocycles. The zero-order valence-electron chi connectivity index (χ0n) is 18.3. The van der Waals surface area contributed by atoms with Gasteiger partial charge in [-0.2, -0.15) is 10.2 Å². The van der Waals surface area contributed by atoms with E-state index >= 15 is 0 Å². The highest BCUT2D eigenvalue weighted by atomic mass is 35.5. The maximum atomic E-state index is 6.20. The molecule has 34 heavy (non-hydrogen) atoms. The van der Waals surface area contributed by atoms with Crippen LogP contribution >= 0.6 is 22.9 Å². The fourth-order valence-corrected chi connectivity index (χ4v) is 5.19. The van der Waals surface area contributed by atoms with Crippen LogP contribution in [0.15, 0.2) is 114 Å². The smallest absolute Gasteiger partial charge is 0.0981 e. The van der Waals surface area contributed by atoms with Gasteiger partial charge >= 0.3 is 0 Å². The number of anilines is 1. The summed E-state index contributed by atoms with van der Waals surface area (Å²) in [5.74, 6) is 0. The maximum Gasteiger partial charge on any atom is 0.0981 e. The Kier molecular flexibility index (Phi) is 5.49. The number of hydrogen-bond acceptors (Lipinski definition) is 4. The Bertz CT molecular complexity index is 1430. The largest absolute Gasteiger partial charge is 0.257 e. The molecule has 0 amide bonds. The monoisotopic (exact) mass is 480 g/mol. The number of para-hydroxylation sites is 2. The summed E-state index contributed by atoms with van der Waals surface area (Å²) in [6.45, 7) is 0. The molecule has 1 atom stereocenters. The van der Waals surface area contributed by atoms with Crippen LogP contribution in [0.3, 0.4) is 0 Å². The Hall–Kier alpha value is -3.67. The van der Waals surface area contributed by atoms with Gasteiger partial charge in [0.25, 0.3) is 0 Å². The third kappa shape index (κ3) is 3.94. The van der Waals surface area contributed by atoms with Crippen LogP contribution in [0.25, 0.3) is 16.9 Å². The lowest BCUT2D eigenvalue weighted by Crippen LogP contribution is -2.18. The minimum absolute atomic E-state index is 0.0163. The molecule has 0 saturated carbocycles. The van der Waals surface area contributed by atoms with Gasteiger partial charge in [0.1, 0.15) is 0 Å². The highest BCUT2D eigenvalue weighted by molar-refractivity contribution is 7.12. The van der Waals surface area contributed by atoms with Gasteiger partial charge in [0.15, 0.2) is 0 Å². The van der Waals surface area contributed by atoms with Crippen LogP contribution in [0.2, 0.25) is 5.02 Å². The lowest BCUT2D eigenvalue weighted by Gasteiger charge is -2.23. The van der Waals surface area contributed by atoms with E-state index < -0.39 is 0 Å². The van der Waals surface area contributed by atoms with Crippen molar-refractivity contribution in [2.45, 2.75) is 12.5 Å². The molecule has 0 saturated heterocycles. The zero-order valence-corrected chi connectivity index (χ0v) is 19.8. The van der Waals surface area contributed by atoms with E-state index in [0.717, 1.165) is 40.3 Å². The molecule has 0 aliphatic carbocycles. The second kappa shape index (κ2) is 8.93. The van der Waals surface area contributed by atoms with Crippen molar-refractivity contribution >= 4 is 34.3 Å². The first-order chi connectivity index (χ1) is 16.8. The zero-order chi connectivity index (χ0) is 22.9. The van der Waals surface area contributed by atoms with Crippen LogP contribution in [-0.4, -0.2) is 15.5 Å². The highest BCUT2D eigenvalue weighted by Crippen LogP contribution is 2.41. The Morgan fingerprint density at radius 2 is 1.50 bits per heavy atom. The number of hydrazone groups is 1. The lowest BCUT2D eigenvalue weighted by atomic mass is 9.98. The third-order valence-electron chi connectivity index (χ3n) is 5.98. The summed E-state index contributed by atoms with van der Waals surface area (Å²) < 4.78 is 1.96. The highest BCUT2D eigenvalue weighted by Gasteiger charge is 2.33. The Balaban J connectivity index is 1.50. The fourth-order valence-electron chi connectivity index (χ4n) is 4.34. The van der Waals surface area contributed by atoms with Gasteiger partial charge in [-0.3, -0.25) is 5.01 Å². The summed E-state index contributed by atoms with van der Waals surface area (Å²) in [5, 5.41) is 15.1. The van der Waals surface area contributed by atoms with Crippen LogP contribution < -0.4 is 5.01 Å². The van der Waals surface area contributed by atoms with Crippen LogP contribution in [0.4, 0.5) is 5.69 Å². The molecule has 0 radical (unpaired) electrons. The van der Waals surface area contributed by atoms with Crippen molar-refractivity contribution < 1.29 is 0 Å². The molecule has 0 N–H and O–H groups in total. The van der Waals surface area contributed by atoms with E-state index in [1.54, 1.807) is 11.3 Å². The molecule has 6 heteroatoms. The predicted molar refractivity (Wildman–Crippen MR) is 141 cm³/mol. The van der Waals surface area contributed by atoms with E-state index in [4.69, 9.17) is 21.8 Å². The van der Waals surface area contributed by atoms with Gasteiger partial charge in [0.05, 0.1) is 33.7 Å². The van der Waals surface area contributed by atoms with Gasteiger partial charge in [-0.05, 0) is 47.8 Å². The first-order valence-electron chi connectivity index (χ1n) is 11.1. The summed E-state index contributed by atoms with van der Waals surface area (Å²) in [6.07, 6.45) is 2.95. The molecular formula is C28H21ClN4S. The Morgan fingerprint density at radius 1 is 0.794 bits per heavy atom. The Morgan fingerprint density at radius 3 is 2.18 bits per heavy atom. The van der Waals surface area contributed by atoms with Crippen LogP contribution in [0.5, 0.6) is 0 Å². The second-order valence-electron chi connectivity index (χ2n) is 8.14. The van der Waals surface area contributed by atoms with Crippen molar-refractivity contribution in [2.75, 3.05) is 5.01 Å². The van der Waals surface area contributed by atoms with E-state index in [1.165, 1.54) is 4.88 Å². The SMILES string of the molecule is Clc1ccc(-c2nn(-c3ccccc3)cc2C2CC(c3cccs3)=NN2c2ccccc2)cc1. The minimum atomic E-state index is 0.0163. The quantitative estimate of drug-likeness (QED) is 0.259. The number of benzene rings is 3. The average molecular weight is 481 g/mol. The van der Waals surface area contributed by atoms with E-state index in [9.17, 15) is 0 Å².